The van der Waals surface area contributed by atoms with E-state index in [1.165, 1.54) is 28.0 Å². The fourth-order valence-electron chi connectivity index (χ4n) is 3.94. The second-order valence-corrected chi connectivity index (χ2v) is 11.6. The van der Waals surface area contributed by atoms with Gasteiger partial charge in [-0.2, -0.15) is 0 Å². The van der Waals surface area contributed by atoms with Crippen LogP contribution >= 0.6 is 0 Å². The molecule has 1 aliphatic carbocycles. The van der Waals surface area contributed by atoms with Crippen LogP contribution in [0.25, 0.3) is 0 Å². The number of rotatable bonds is 12. The standard InChI is InChI=1S/C16H25N3O2.C11H13NO.C7H14.C3H6/c1-13-5-7-15(8-6-13)11-19(10-9-17-3)16(21)12-18(4)14(2)20;1-12-10-4-5-11-8(6-10)2-3-9(11)7-13;1-5-7(3,4)6-2;1-3-2/h5-8,17,20H,2,9-12H2,1,3-4H3;4-7,9,12H,2-3H2,1H3;5H,1,6H2,2-4H3;3H,1H2,2H3. The molecule has 0 heterocycles. The number of carbonyl (C=O) groups excluding carboxylic acids is 2. The Kier molecular flexibility index (Phi) is 19.9. The maximum absolute atomic E-state index is 12.3. The van der Waals surface area contributed by atoms with Crippen molar-refractivity contribution in [2.45, 2.75) is 66.3 Å². The lowest BCUT2D eigenvalue weighted by Crippen LogP contribution is -2.41. The number of hydrogen-bond acceptors (Lipinski definition) is 6. The highest BCUT2D eigenvalue weighted by molar-refractivity contribution is 5.78. The number of anilines is 1. The number of nitrogens with zero attached hydrogens (tertiary/aromatic N) is 2. The third-order valence-corrected chi connectivity index (χ3v) is 7.48. The summed E-state index contributed by atoms with van der Waals surface area (Å²) in [4.78, 5) is 26.3. The largest absolute Gasteiger partial charge is 0.495 e. The molecule has 1 aliphatic rings. The van der Waals surface area contributed by atoms with Crippen molar-refractivity contribution in [3.05, 3.63) is 102 Å². The van der Waals surface area contributed by atoms with Gasteiger partial charge in [-0.25, -0.2) is 0 Å². The molecule has 0 bridgehead atoms. The summed E-state index contributed by atoms with van der Waals surface area (Å²) in [6.07, 6.45) is 7.99. The molecule has 0 spiro atoms. The van der Waals surface area contributed by atoms with Crippen LogP contribution in [0, 0.1) is 12.3 Å². The minimum atomic E-state index is -0.104. The summed E-state index contributed by atoms with van der Waals surface area (Å²) < 4.78 is 0. The van der Waals surface area contributed by atoms with Gasteiger partial charge in [0.25, 0.3) is 0 Å². The van der Waals surface area contributed by atoms with E-state index in [1.54, 1.807) is 18.0 Å². The molecule has 2 aromatic rings. The number of benzene rings is 2. The quantitative estimate of drug-likeness (QED) is 0.134. The molecule has 1 amide bonds. The highest BCUT2D eigenvalue weighted by atomic mass is 16.3. The number of aldehydes is 1. The summed E-state index contributed by atoms with van der Waals surface area (Å²) in [6.45, 7) is 23.0. The van der Waals surface area contributed by atoms with E-state index in [9.17, 15) is 14.7 Å². The summed E-state index contributed by atoms with van der Waals surface area (Å²) in [6, 6.07) is 14.4. The molecule has 1 unspecified atom stereocenters. The molecule has 1 atom stereocenters. The van der Waals surface area contributed by atoms with Crippen molar-refractivity contribution in [1.29, 1.82) is 0 Å². The van der Waals surface area contributed by atoms with Gasteiger partial charge in [-0.15, -0.1) is 13.2 Å². The lowest BCUT2D eigenvalue weighted by atomic mass is 9.91. The molecule has 0 aliphatic heterocycles. The average Bonchev–Trinajstić information content (AvgIpc) is 3.43. The first kappa shape index (κ1) is 40.2. The maximum atomic E-state index is 12.3. The highest BCUT2D eigenvalue weighted by Gasteiger charge is 2.21. The molecule has 244 valence electrons. The van der Waals surface area contributed by atoms with E-state index in [0.29, 0.717) is 18.5 Å². The minimum Gasteiger partial charge on any atom is -0.495 e. The van der Waals surface area contributed by atoms with Crippen LogP contribution in [0.2, 0.25) is 0 Å². The Morgan fingerprint density at radius 1 is 1.14 bits per heavy atom. The third kappa shape index (κ3) is 15.6. The lowest BCUT2D eigenvalue weighted by molar-refractivity contribution is -0.132. The van der Waals surface area contributed by atoms with Gasteiger partial charge in [0, 0.05) is 45.3 Å². The van der Waals surface area contributed by atoms with Crippen LogP contribution in [0.4, 0.5) is 5.69 Å². The summed E-state index contributed by atoms with van der Waals surface area (Å²) in [5.74, 6) is -0.00307. The number of nitrogens with one attached hydrogen (secondary N) is 2. The molecule has 2 aromatic carbocycles. The van der Waals surface area contributed by atoms with E-state index in [0.717, 1.165) is 36.9 Å². The van der Waals surface area contributed by atoms with Gasteiger partial charge in [0.15, 0.2) is 5.88 Å². The van der Waals surface area contributed by atoms with Gasteiger partial charge in [-0.3, -0.25) is 4.79 Å². The molecule has 3 rings (SSSR count). The van der Waals surface area contributed by atoms with Crippen molar-refractivity contribution >= 4 is 17.9 Å². The zero-order valence-electron chi connectivity index (χ0n) is 28.6. The molecule has 0 aromatic heterocycles. The van der Waals surface area contributed by atoms with Gasteiger partial charge < -0.3 is 30.3 Å². The number of carbonyl (C=O) groups is 2. The van der Waals surface area contributed by atoms with Crippen molar-refractivity contribution < 1.29 is 14.7 Å². The number of likely N-dealkylation sites (N-methyl/N-ethyl adjacent to an activating group) is 2. The number of fused-ring (bicyclic) bond motifs is 1. The number of allylic oxidation sites excluding steroid dienone is 2. The molecule has 7 heteroatoms. The number of amides is 1. The Morgan fingerprint density at radius 3 is 2.20 bits per heavy atom. The van der Waals surface area contributed by atoms with Crippen LogP contribution < -0.4 is 10.6 Å². The van der Waals surface area contributed by atoms with Gasteiger partial charge in [0.2, 0.25) is 5.91 Å². The van der Waals surface area contributed by atoms with Gasteiger partial charge in [-0.05, 0) is 81.0 Å². The molecular weight excluding hydrogens is 548 g/mol. The van der Waals surface area contributed by atoms with E-state index in [4.69, 9.17) is 0 Å². The van der Waals surface area contributed by atoms with Crippen LogP contribution in [-0.4, -0.2) is 67.9 Å². The molecule has 0 radical (unpaired) electrons. The van der Waals surface area contributed by atoms with Crippen molar-refractivity contribution in [3.63, 3.8) is 0 Å². The van der Waals surface area contributed by atoms with Crippen LogP contribution in [-0.2, 0) is 22.6 Å². The van der Waals surface area contributed by atoms with Gasteiger partial charge in [0.05, 0.1) is 6.54 Å². The Morgan fingerprint density at radius 2 is 1.75 bits per heavy atom. The van der Waals surface area contributed by atoms with Crippen LogP contribution in [0.1, 0.15) is 68.7 Å². The van der Waals surface area contributed by atoms with Gasteiger partial charge in [0.1, 0.15) is 6.29 Å². The number of aliphatic hydroxyl groups is 1. The Labute approximate surface area is 267 Å². The SMILES string of the molecule is C=C(O)N(C)CC(=O)N(CCNC)Cc1ccc(C)cc1.C=CC.C=CC(C)(C)CC.CNc1ccc2c(c1)CCC2C=O. The van der Waals surface area contributed by atoms with E-state index in [2.05, 4.69) is 63.3 Å². The van der Waals surface area contributed by atoms with E-state index < -0.39 is 0 Å². The van der Waals surface area contributed by atoms with E-state index >= 15 is 0 Å². The second-order valence-electron chi connectivity index (χ2n) is 11.6. The fourth-order valence-corrected chi connectivity index (χ4v) is 3.94. The predicted molar refractivity (Wildman–Crippen MR) is 188 cm³/mol. The van der Waals surface area contributed by atoms with Gasteiger partial charge in [-0.1, -0.05) is 68.8 Å². The van der Waals surface area contributed by atoms with Crippen molar-refractivity contribution in [2.75, 3.05) is 46.1 Å². The molecule has 44 heavy (non-hydrogen) atoms. The summed E-state index contributed by atoms with van der Waals surface area (Å²) in [5, 5.41) is 15.4. The molecular formula is C37H58N4O3. The summed E-state index contributed by atoms with van der Waals surface area (Å²) in [7, 11) is 5.41. The minimum absolute atomic E-state index is 0.0384. The first-order valence-corrected chi connectivity index (χ1v) is 15.4. The zero-order valence-corrected chi connectivity index (χ0v) is 28.6. The smallest absolute Gasteiger partial charge is 0.242 e. The first-order valence-electron chi connectivity index (χ1n) is 15.4. The van der Waals surface area contributed by atoms with Crippen LogP contribution in [0.5, 0.6) is 0 Å². The van der Waals surface area contributed by atoms with Crippen LogP contribution in [0.3, 0.4) is 0 Å². The molecule has 0 fully saturated rings. The van der Waals surface area contributed by atoms with Gasteiger partial charge >= 0.3 is 0 Å². The normalized spacial score (nSPS) is 12.8. The first-order chi connectivity index (χ1) is 20.8. The molecule has 3 N–H and O–H groups in total. The van der Waals surface area contributed by atoms with Crippen molar-refractivity contribution in [3.8, 4) is 0 Å². The topological polar surface area (TPSA) is 84.9 Å². The van der Waals surface area contributed by atoms with Crippen molar-refractivity contribution in [1.82, 2.24) is 15.1 Å². The van der Waals surface area contributed by atoms with E-state index in [-0.39, 0.29) is 24.3 Å². The van der Waals surface area contributed by atoms with Crippen LogP contribution in [0.15, 0.2) is 80.2 Å². The van der Waals surface area contributed by atoms with E-state index in [1.807, 2.05) is 64.4 Å². The fraction of sp³-hybridized carbons (Fsp3) is 0.459. The zero-order chi connectivity index (χ0) is 33.7. The Balaban J connectivity index is 0.000000678. The lowest BCUT2D eigenvalue weighted by Gasteiger charge is -2.26. The molecule has 7 nitrogen and oxygen atoms in total. The average molecular weight is 607 g/mol. The molecule has 0 saturated carbocycles. The second kappa shape index (κ2) is 21.8. The monoisotopic (exact) mass is 606 g/mol. The summed E-state index contributed by atoms with van der Waals surface area (Å²) in [5.41, 5.74) is 6.31. The number of aryl methyl sites for hydroxylation is 2. The number of hydrogen-bond donors (Lipinski definition) is 3. The third-order valence-electron chi connectivity index (χ3n) is 7.48. The Bertz CT molecular complexity index is 1160. The Hall–Kier alpha value is -3.84. The number of aliphatic hydroxyl groups excluding tert-OH is 1. The molecule has 0 saturated heterocycles. The summed E-state index contributed by atoms with van der Waals surface area (Å²) >= 11 is 0. The highest BCUT2D eigenvalue weighted by Crippen LogP contribution is 2.33. The predicted octanol–water partition coefficient (Wildman–Crippen LogP) is 7.26. The maximum Gasteiger partial charge on any atom is 0.242 e. The van der Waals surface area contributed by atoms with Crippen molar-refractivity contribution in [2.24, 2.45) is 5.41 Å².